The molecule has 90 valence electrons. The van der Waals surface area contributed by atoms with Gasteiger partial charge in [0.05, 0.1) is 16.8 Å². The van der Waals surface area contributed by atoms with E-state index in [4.69, 9.17) is 0 Å². The Balaban J connectivity index is 1.77. The number of nitrogens with one attached hydrogen (secondary N) is 2. The van der Waals surface area contributed by atoms with Gasteiger partial charge in [-0.05, 0) is 13.8 Å². The molecule has 1 aromatic heterocycles. The molecule has 0 radical (unpaired) electrons. The third-order valence-corrected chi connectivity index (χ3v) is 4.07. The van der Waals surface area contributed by atoms with Crippen molar-refractivity contribution in [1.82, 2.24) is 15.6 Å². The summed E-state index contributed by atoms with van der Waals surface area (Å²) in [7, 11) is 0. The second-order valence-electron chi connectivity index (χ2n) is 4.36. The van der Waals surface area contributed by atoms with Gasteiger partial charge in [0.25, 0.3) is 0 Å². The molecule has 1 aliphatic heterocycles. The summed E-state index contributed by atoms with van der Waals surface area (Å²) >= 11 is 1.75. The zero-order valence-electron chi connectivity index (χ0n) is 9.79. The molecule has 3 N–H and O–H groups in total. The van der Waals surface area contributed by atoms with Gasteiger partial charge in [0.2, 0.25) is 0 Å². The maximum Gasteiger partial charge on any atom is 0.0900 e. The number of hydrogen-bond acceptors (Lipinski definition) is 5. The van der Waals surface area contributed by atoms with Crippen LogP contribution >= 0.6 is 11.3 Å². The summed E-state index contributed by atoms with van der Waals surface area (Å²) in [5, 5.41) is 17.3. The number of aliphatic hydroxyl groups is 1. The van der Waals surface area contributed by atoms with Gasteiger partial charge in [-0.15, -0.1) is 11.3 Å². The molecule has 0 amide bonds. The molecule has 2 heterocycles. The number of nitrogens with zero attached hydrogens (tertiary/aromatic N) is 1. The summed E-state index contributed by atoms with van der Waals surface area (Å²) in [4.78, 5) is 5.70. The van der Waals surface area contributed by atoms with E-state index in [0.717, 1.165) is 36.9 Å². The highest BCUT2D eigenvalue weighted by molar-refractivity contribution is 7.11. The van der Waals surface area contributed by atoms with Gasteiger partial charge >= 0.3 is 0 Å². The van der Waals surface area contributed by atoms with Crippen LogP contribution in [0.1, 0.15) is 15.6 Å². The molecule has 2 rings (SSSR count). The van der Waals surface area contributed by atoms with Gasteiger partial charge in [0.1, 0.15) is 0 Å². The molecule has 4 nitrogen and oxygen atoms in total. The molecule has 2 unspecified atom stereocenters. The lowest BCUT2D eigenvalue weighted by molar-refractivity contribution is 0.146. The summed E-state index contributed by atoms with van der Waals surface area (Å²) in [5.74, 6) is 0.342. The van der Waals surface area contributed by atoms with Crippen molar-refractivity contribution in [2.45, 2.75) is 26.5 Å². The van der Waals surface area contributed by atoms with Crippen LogP contribution in [-0.2, 0) is 6.54 Å². The van der Waals surface area contributed by atoms with E-state index in [1.807, 2.05) is 13.8 Å². The SMILES string of the molecule is Cc1nc(C)c(CNCC2CNCC2O)s1. The molecule has 2 atom stereocenters. The topological polar surface area (TPSA) is 57.2 Å². The van der Waals surface area contributed by atoms with E-state index >= 15 is 0 Å². The Kier molecular flexibility index (Phi) is 3.91. The largest absolute Gasteiger partial charge is 0.391 e. The first-order chi connectivity index (χ1) is 7.66. The zero-order chi connectivity index (χ0) is 11.5. The van der Waals surface area contributed by atoms with Gasteiger partial charge in [-0.25, -0.2) is 4.98 Å². The summed E-state index contributed by atoms with van der Waals surface area (Å²) < 4.78 is 0. The summed E-state index contributed by atoms with van der Waals surface area (Å²) in [6.07, 6.45) is -0.197. The molecule has 1 aliphatic rings. The van der Waals surface area contributed by atoms with E-state index in [9.17, 15) is 5.11 Å². The molecule has 0 spiro atoms. The number of aromatic nitrogens is 1. The first kappa shape index (κ1) is 12.0. The molecule has 0 aliphatic carbocycles. The van der Waals surface area contributed by atoms with Crippen molar-refractivity contribution in [2.24, 2.45) is 5.92 Å². The molecule has 1 aromatic rings. The second-order valence-corrected chi connectivity index (χ2v) is 5.65. The van der Waals surface area contributed by atoms with E-state index < -0.39 is 0 Å². The number of thiazole rings is 1. The Labute approximate surface area is 100 Å². The molecular weight excluding hydrogens is 222 g/mol. The Morgan fingerprint density at radius 2 is 2.31 bits per heavy atom. The van der Waals surface area contributed by atoms with Crippen LogP contribution in [-0.4, -0.2) is 35.8 Å². The maximum atomic E-state index is 9.63. The van der Waals surface area contributed by atoms with Crippen molar-refractivity contribution in [3.05, 3.63) is 15.6 Å². The van der Waals surface area contributed by atoms with Crippen LogP contribution in [0.2, 0.25) is 0 Å². The lowest BCUT2D eigenvalue weighted by atomic mass is 10.1. The van der Waals surface area contributed by atoms with Crippen LogP contribution in [0.3, 0.4) is 0 Å². The fourth-order valence-corrected chi connectivity index (χ4v) is 2.94. The summed E-state index contributed by atoms with van der Waals surface area (Å²) in [5.41, 5.74) is 1.13. The van der Waals surface area contributed by atoms with E-state index in [0.29, 0.717) is 5.92 Å². The van der Waals surface area contributed by atoms with E-state index in [1.165, 1.54) is 4.88 Å². The Morgan fingerprint density at radius 3 is 2.88 bits per heavy atom. The van der Waals surface area contributed by atoms with E-state index in [2.05, 4.69) is 15.6 Å². The van der Waals surface area contributed by atoms with Crippen LogP contribution < -0.4 is 10.6 Å². The van der Waals surface area contributed by atoms with Crippen molar-refractivity contribution in [3.63, 3.8) is 0 Å². The van der Waals surface area contributed by atoms with Crippen molar-refractivity contribution >= 4 is 11.3 Å². The fourth-order valence-electron chi connectivity index (χ4n) is 2.04. The van der Waals surface area contributed by atoms with E-state index in [1.54, 1.807) is 11.3 Å². The lowest BCUT2D eigenvalue weighted by Gasteiger charge is -2.13. The number of rotatable bonds is 4. The predicted octanol–water partition coefficient (Wildman–Crippen LogP) is 0.430. The third kappa shape index (κ3) is 2.79. The molecule has 0 bridgehead atoms. The number of aryl methyl sites for hydroxylation is 2. The zero-order valence-corrected chi connectivity index (χ0v) is 10.6. The van der Waals surface area contributed by atoms with Crippen molar-refractivity contribution in [1.29, 1.82) is 0 Å². The van der Waals surface area contributed by atoms with Gasteiger partial charge in [0.15, 0.2) is 0 Å². The summed E-state index contributed by atoms with van der Waals surface area (Å²) in [6.45, 7) is 7.45. The second kappa shape index (κ2) is 5.23. The molecule has 1 saturated heterocycles. The molecule has 5 heteroatoms. The average Bonchev–Trinajstić information content (AvgIpc) is 2.75. The van der Waals surface area contributed by atoms with Crippen LogP contribution in [0.5, 0.6) is 0 Å². The first-order valence-electron chi connectivity index (χ1n) is 5.69. The third-order valence-electron chi connectivity index (χ3n) is 3.00. The van der Waals surface area contributed by atoms with Crippen LogP contribution in [0.15, 0.2) is 0 Å². The lowest BCUT2D eigenvalue weighted by Crippen LogP contribution is -2.30. The molecule has 0 saturated carbocycles. The minimum atomic E-state index is -0.197. The highest BCUT2D eigenvalue weighted by atomic mass is 32.1. The Morgan fingerprint density at radius 1 is 1.50 bits per heavy atom. The molecule has 1 fully saturated rings. The van der Waals surface area contributed by atoms with Gasteiger partial charge in [0, 0.05) is 37.0 Å². The van der Waals surface area contributed by atoms with Gasteiger partial charge in [-0.3, -0.25) is 0 Å². The van der Waals surface area contributed by atoms with Gasteiger partial charge < -0.3 is 15.7 Å². The molecule has 0 aromatic carbocycles. The number of hydrogen-bond donors (Lipinski definition) is 3. The van der Waals surface area contributed by atoms with Crippen LogP contribution in [0.25, 0.3) is 0 Å². The van der Waals surface area contributed by atoms with Gasteiger partial charge in [-0.2, -0.15) is 0 Å². The average molecular weight is 241 g/mol. The smallest absolute Gasteiger partial charge is 0.0900 e. The van der Waals surface area contributed by atoms with Crippen molar-refractivity contribution in [3.8, 4) is 0 Å². The van der Waals surface area contributed by atoms with Crippen molar-refractivity contribution in [2.75, 3.05) is 19.6 Å². The fraction of sp³-hybridized carbons (Fsp3) is 0.727. The van der Waals surface area contributed by atoms with Crippen LogP contribution in [0, 0.1) is 19.8 Å². The molecule has 16 heavy (non-hydrogen) atoms. The minimum Gasteiger partial charge on any atom is -0.391 e. The number of aliphatic hydroxyl groups excluding tert-OH is 1. The van der Waals surface area contributed by atoms with Gasteiger partial charge in [-0.1, -0.05) is 0 Å². The van der Waals surface area contributed by atoms with Crippen LogP contribution in [0.4, 0.5) is 0 Å². The number of β-amino-alcohol motifs (C(OH)–C–C–N with tert-alkyl or cyclic N) is 1. The quantitative estimate of drug-likeness (QED) is 0.715. The normalized spacial score (nSPS) is 25.2. The monoisotopic (exact) mass is 241 g/mol. The maximum absolute atomic E-state index is 9.63. The Bertz CT molecular complexity index is 353. The highest BCUT2D eigenvalue weighted by Crippen LogP contribution is 2.17. The predicted molar refractivity (Wildman–Crippen MR) is 65.7 cm³/mol. The first-order valence-corrected chi connectivity index (χ1v) is 6.51. The van der Waals surface area contributed by atoms with E-state index in [-0.39, 0.29) is 6.10 Å². The highest BCUT2D eigenvalue weighted by Gasteiger charge is 2.24. The van der Waals surface area contributed by atoms with Crippen molar-refractivity contribution < 1.29 is 5.11 Å². The molecular formula is C11H19N3OS. The minimum absolute atomic E-state index is 0.197. The standard InChI is InChI=1S/C11H19N3OS/c1-7-11(16-8(2)14-7)6-13-4-9-3-12-5-10(9)15/h9-10,12-13,15H,3-6H2,1-2H3. The summed E-state index contributed by atoms with van der Waals surface area (Å²) in [6, 6.07) is 0. The Hall–Kier alpha value is -0.490.